The van der Waals surface area contributed by atoms with E-state index in [1.54, 1.807) is 31.2 Å². The molecule has 5 heteroatoms. The van der Waals surface area contributed by atoms with Gasteiger partial charge in [-0.1, -0.05) is 17.7 Å². The number of rotatable bonds is 7. The second-order valence-corrected chi connectivity index (χ2v) is 5.09. The molecule has 0 aliphatic heterocycles. The maximum Gasteiger partial charge on any atom is 0.289 e. The van der Waals surface area contributed by atoms with Gasteiger partial charge in [0, 0.05) is 14.2 Å². The number of hydrogen-bond donors (Lipinski definition) is 0. The molecule has 0 atom stereocenters. The van der Waals surface area contributed by atoms with E-state index in [0.29, 0.717) is 31.3 Å². The topological polar surface area (TPSA) is 51.9 Å². The number of ether oxygens (including phenoxy) is 2. The van der Waals surface area contributed by atoms with E-state index in [2.05, 4.69) is 0 Å². The summed E-state index contributed by atoms with van der Waals surface area (Å²) in [5, 5.41) is 0. The maximum absolute atomic E-state index is 12.2. The van der Waals surface area contributed by atoms with Crippen LogP contribution in [0.3, 0.4) is 0 Å². The van der Waals surface area contributed by atoms with Crippen LogP contribution in [0.5, 0.6) is 5.75 Å². The summed E-state index contributed by atoms with van der Waals surface area (Å²) in [5.41, 5.74) is 1.18. The second-order valence-electron chi connectivity index (χ2n) is 5.09. The predicted octanol–water partition coefficient (Wildman–Crippen LogP) is 2.89. The van der Waals surface area contributed by atoms with Crippen molar-refractivity contribution in [3.8, 4) is 5.75 Å². The van der Waals surface area contributed by atoms with E-state index in [-0.39, 0.29) is 5.91 Å². The number of benzene rings is 1. The minimum absolute atomic E-state index is 0.171. The van der Waals surface area contributed by atoms with Gasteiger partial charge in [0.1, 0.15) is 24.7 Å². The largest absolute Gasteiger partial charge is 0.492 e. The highest BCUT2D eigenvalue weighted by atomic mass is 16.5. The summed E-state index contributed by atoms with van der Waals surface area (Å²) < 4.78 is 16.0. The van der Waals surface area contributed by atoms with E-state index in [1.807, 2.05) is 31.2 Å². The molecule has 22 heavy (non-hydrogen) atoms. The average molecular weight is 303 g/mol. The molecule has 5 nitrogen and oxygen atoms in total. The lowest BCUT2D eigenvalue weighted by atomic mass is 10.2. The Balaban J connectivity index is 1.81. The van der Waals surface area contributed by atoms with Crippen LogP contribution in [0.2, 0.25) is 0 Å². The molecule has 0 aliphatic carbocycles. The molecule has 0 bridgehead atoms. The normalized spacial score (nSPS) is 10.5. The molecule has 0 unspecified atom stereocenters. The standard InChI is InChI=1S/C17H21NO4/c1-13-4-6-14(7-5-13)21-11-10-18(2)17(19)16-9-8-15(22-16)12-20-3/h4-9H,10-12H2,1-3H3. The first-order valence-corrected chi connectivity index (χ1v) is 7.12. The van der Waals surface area contributed by atoms with Gasteiger partial charge >= 0.3 is 0 Å². The van der Waals surface area contributed by atoms with Crippen LogP contribution in [0.1, 0.15) is 21.9 Å². The van der Waals surface area contributed by atoms with E-state index < -0.39 is 0 Å². The molecule has 2 aromatic rings. The van der Waals surface area contributed by atoms with Crippen LogP contribution in [0, 0.1) is 6.92 Å². The SMILES string of the molecule is COCc1ccc(C(=O)N(C)CCOc2ccc(C)cc2)o1. The Morgan fingerprint density at radius 3 is 2.59 bits per heavy atom. The molecular formula is C17H21NO4. The van der Waals surface area contributed by atoms with Crippen LogP contribution in [-0.4, -0.2) is 38.1 Å². The highest BCUT2D eigenvalue weighted by Gasteiger charge is 2.15. The van der Waals surface area contributed by atoms with Gasteiger partial charge < -0.3 is 18.8 Å². The van der Waals surface area contributed by atoms with E-state index in [4.69, 9.17) is 13.9 Å². The fourth-order valence-electron chi connectivity index (χ4n) is 1.94. The number of amides is 1. The Morgan fingerprint density at radius 2 is 1.91 bits per heavy atom. The molecule has 1 aromatic heterocycles. The van der Waals surface area contributed by atoms with Gasteiger partial charge in [-0.05, 0) is 31.2 Å². The molecule has 118 valence electrons. The molecule has 2 rings (SSSR count). The molecule has 0 spiro atoms. The van der Waals surface area contributed by atoms with Gasteiger partial charge in [-0.2, -0.15) is 0 Å². The lowest BCUT2D eigenvalue weighted by molar-refractivity contribution is 0.0734. The van der Waals surface area contributed by atoms with Crippen molar-refractivity contribution in [1.82, 2.24) is 4.90 Å². The van der Waals surface area contributed by atoms with Crippen molar-refractivity contribution < 1.29 is 18.7 Å². The Bertz CT molecular complexity index is 603. The van der Waals surface area contributed by atoms with Gasteiger partial charge in [0.2, 0.25) is 0 Å². The lowest BCUT2D eigenvalue weighted by Gasteiger charge is -2.16. The fraction of sp³-hybridized carbons (Fsp3) is 0.353. The highest BCUT2D eigenvalue weighted by Crippen LogP contribution is 2.13. The number of hydrogen-bond acceptors (Lipinski definition) is 4. The minimum Gasteiger partial charge on any atom is -0.492 e. The number of carbonyl (C=O) groups is 1. The predicted molar refractivity (Wildman–Crippen MR) is 83.1 cm³/mol. The summed E-state index contributed by atoms with van der Waals surface area (Å²) >= 11 is 0. The molecular weight excluding hydrogens is 282 g/mol. The van der Waals surface area contributed by atoms with Crippen LogP contribution in [0.15, 0.2) is 40.8 Å². The first kappa shape index (κ1) is 16.1. The van der Waals surface area contributed by atoms with Gasteiger partial charge in [-0.15, -0.1) is 0 Å². The zero-order chi connectivity index (χ0) is 15.9. The molecule has 1 aromatic carbocycles. The van der Waals surface area contributed by atoms with Crippen LogP contribution in [0.25, 0.3) is 0 Å². The van der Waals surface area contributed by atoms with Crippen LogP contribution in [0.4, 0.5) is 0 Å². The molecule has 0 saturated carbocycles. The smallest absolute Gasteiger partial charge is 0.289 e. The fourth-order valence-corrected chi connectivity index (χ4v) is 1.94. The van der Waals surface area contributed by atoms with E-state index >= 15 is 0 Å². The van der Waals surface area contributed by atoms with Gasteiger partial charge in [0.25, 0.3) is 5.91 Å². The average Bonchev–Trinajstić information content (AvgIpc) is 2.97. The van der Waals surface area contributed by atoms with Gasteiger partial charge in [-0.3, -0.25) is 4.79 Å². The Kier molecular flexibility index (Phi) is 5.61. The summed E-state index contributed by atoms with van der Waals surface area (Å²) in [6.45, 7) is 3.29. The molecule has 1 amide bonds. The number of nitrogens with zero attached hydrogens (tertiary/aromatic N) is 1. The van der Waals surface area contributed by atoms with Crippen molar-refractivity contribution >= 4 is 5.91 Å². The van der Waals surface area contributed by atoms with Gasteiger partial charge in [0.05, 0.1) is 6.54 Å². The van der Waals surface area contributed by atoms with Crippen LogP contribution >= 0.6 is 0 Å². The summed E-state index contributed by atoms with van der Waals surface area (Å²) in [7, 11) is 3.30. The van der Waals surface area contributed by atoms with Crippen molar-refractivity contribution in [3.05, 3.63) is 53.5 Å². The third-order valence-electron chi connectivity index (χ3n) is 3.22. The molecule has 0 N–H and O–H groups in total. The lowest BCUT2D eigenvalue weighted by Crippen LogP contribution is -2.30. The van der Waals surface area contributed by atoms with Gasteiger partial charge in [0.15, 0.2) is 5.76 Å². The number of furan rings is 1. The van der Waals surface area contributed by atoms with Crippen molar-refractivity contribution in [2.75, 3.05) is 27.3 Å². The summed E-state index contributed by atoms with van der Waals surface area (Å²) in [5.74, 6) is 1.57. The van der Waals surface area contributed by atoms with Gasteiger partial charge in [-0.25, -0.2) is 0 Å². The molecule has 1 heterocycles. The Labute approximate surface area is 130 Å². The van der Waals surface area contributed by atoms with E-state index in [1.165, 1.54) is 5.56 Å². The van der Waals surface area contributed by atoms with Crippen molar-refractivity contribution in [2.24, 2.45) is 0 Å². The van der Waals surface area contributed by atoms with E-state index in [0.717, 1.165) is 5.75 Å². The van der Waals surface area contributed by atoms with Crippen LogP contribution in [-0.2, 0) is 11.3 Å². The summed E-state index contributed by atoms with van der Waals surface area (Å²) in [6.07, 6.45) is 0. The van der Waals surface area contributed by atoms with Crippen molar-refractivity contribution in [1.29, 1.82) is 0 Å². The molecule has 0 fully saturated rings. The monoisotopic (exact) mass is 303 g/mol. The highest BCUT2D eigenvalue weighted by molar-refractivity contribution is 5.91. The Morgan fingerprint density at radius 1 is 1.18 bits per heavy atom. The molecule has 0 saturated heterocycles. The third kappa shape index (κ3) is 4.36. The zero-order valence-electron chi connectivity index (χ0n) is 13.2. The maximum atomic E-state index is 12.2. The number of carbonyl (C=O) groups excluding carboxylic acids is 1. The number of likely N-dealkylation sites (N-methyl/N-ethyl adjacent to an activating group) is 1. The third-order valence-corrected chi connectivity index (χ3v) is 3.22. The molecule has 0 aliphatic rings. The minimum atomic E-state index is -0.171. The zero-order valence-corrected chi connectivity index (χ0v) is 13.2. The Hall–Kier alpha value is -2.27. The first-order chi connectivity index (χ1) is 10.6. The molecule has 0 radical (unpaired) electrons. The second kappa shape index (κ2) is 7.66. The van der Waals surface area contributed by atoms with Crippen molar-refractivity contribution in [2.45, 2.75) is 13.5 Å². The summed E-state index contributed by atoms with van der Waals surface area (Å²) in [4.78, 5) is 13.8. The first-order valence-electron chi connectivity index (χ1n) is 7.12. The number of aryl methyl sites for hydroxylation is 1. The quantitative estimate of drug-likeness (QED) is 0.789. The summed E-state index contributed by atoms with van der Waals surface area (Å²) in [6, 6.07) is 11.2. The van der Waals surface area contributed by atoms with E-state index in [9.17, 15) is 4.79 Å². The van der Waals surface area contributed by atoms with Crippen molar-refractivity contribution in [3.63, 3.8) is 0 Å². The number of methoxy groups -OCH3 is 1. The van der Waals surface area contributed by atoms with Crippen LogP contribution < -0.4 is 4.74 Å².